The molecule has 1 rings (SSSR count). The van der Waals surface area contributed by atoms with Crippen molar-refractivity contribution in [3.05, 3.63) is 23.3 Å². The Morgan fingerprint density at radius 1 is 1.59 bits per heavy atom. The van der Waals surface area contributed by atoms with Crippen molar-refractivity contribution in [1.29, 1.82) is 0 Å². The Hall–Kier alpha value is -1.63. The number of aromatic nitrogens is 2. The molecule has 17 heavy (non-hydrogen) atoms. The molecule has 0 radical (unpaired) electrons. The van der Waals surface area contributed by atoms with Gasteiger partial charge in [-0.3, -0.25) is 0 Å². The fourth-order valence-electron chi connectivity index (χ4n) is 1.14. The van der Waals surface area contributed by atoms with Crippen molar-refractivity contribution in [3.63, 3.8) is 0 Å². The number of alkyl halides is 2. The van der Waals surface area contributed by atoms with E-state index in [2.05, 4.69) is 9.97 Å². The highest BCUT2D eigenvalue weighted by Gasteiger charge is 2.21. The highest BCUT2D eigenvalue weighted by atomic mass is 19.3. The van der Waals surface area contributed by atoms with Crippen LogP contribution in [0.4, 0.5) is 8.78 Å². The van der Waals surface area contributed by atoms with Gasteiger partial charge in [-0.1, -0.05) is 6.92 Å². The largest absolute Gasteiger partial charge is 0.478 e. The van der Waals surface area contributed by atoms with Crippen molar-refractivity contribution in [1.82, 2.24) is 9.97 Å². The molecule has 0 aliphatic heterocycles. The minimum Gasteiger partial charge on any atom is -0.478 e. The molecule has 0 aliphatic rings. The number of rotatable bonds is 6. The summed E-state index contributed by atoms with van der Waals surface area (Å²) in [5.41, 5.74) is -1.36. The first-order chi connectivity index (χ1) is 8.06. The van der Waals surface area contributed by atoms with Crippen molar-refractivity contribution in [2.75, 3.05) is 6.61 Å². The van der Waals surface area contributed by atoms with E-state index in [0.717, 1.165) is 12.6 Å². The lowest BCUT2D eigenvalue weighted by Gasteiger charge is -2.06. The lowest BCUT2D eigenvalue weighted by molar-refractivity contribution is 0.0679. The van der Waals surface area contributed by atoms with E-state index in [-0.39, 0.29) is 12.4 Å². The standard InChI is InChI=1S/C10H12F2N2O3/c1-2-3-17-5-7-13-4-6(10(15)16)8(14-7)9(11)12/h4,9H,2-3,5H2,1H3,(H,15,16). The number of halogens is 2. The summed E-state index contributed by atoms with van der Waals surface area (Å²) < 4.78 is 30.2. The van der Waals surface area contributed by atoms with Crippen LogP contribution in [0.3, 0.4) is 0 Å². The Morgan fingerprint density at radius 2 is 2.29 bits per heavy atom. The molecule has 0 saturated carbocycles. The van der Waals surface area contributed by atoms with Crippen LogP contribution in [0.15, 0.2) is 6.20 Å². The quantitative estimate of drug-likeness (QED) is 0.777. The summed E-state index contributed by atoms with van der Waals surface area (Å²) in [6.07, 6.45) is -1.29. The Labute approximate surface area is 96.5 Å². The van der Waals surface area contributed by atoms with Crippen LogP contribution >= 0.6 is 0 Å². The SMILES string of the molecule is CCCOCc1ncc(C(=O)O)c(C(F)F)n1. The van der Waals surface area contributed by atoms with Gasteiger partial charge in [0.15, 0.2) is 5.82 Å². The monoisotopic (exact) mass is 246 g/mol. The third-order valence-corrected chi connectivity index (χ3v) is 1.88. The number of ether oxygens (including phenoxy) is 1. The van der Waals surface area contributed by atoms with E-state index in [1.807, 2.05) is 6.92 Å². The molecule has 0 aromatic carbocycles. The van der Waals surface area contributed by atoms with E-state index in [4.69, 9.17) is 9.84 Å². The van der Waals surface area contributed by atoms with Crippen LogP contribution in [0.5, 0.6) is 0 Å². The Morgan fingerprint density at radius 3 is 2.82 bits per heavy atom. The maximum atomic E-state index is 12.6. The van der Waals surface area contributed by atoms with Crippen molar-refractivity contribution >= 4 is 5.97 Å². The zero-order chi connectivity index (χ0) is 12.8. The first kappa shape index (κ1) is 13.4. The summed E-state index contributed by atoms with van der Waals surface area (Å²) in [7, 11) is 0. The Bertz CT molecular complexity index is 399. The van der Waals surface area contributed by atoms with Crippen LogP contribution in [0.2, 0.25) is 0 Å². The zero-order valence-corrected chi connectivity index (χ0v) is 9.19. The van der Waals surface area contributed by atoms with Gasteiger partial charge < -0.3 is 9.84 Å². The van der Waals surface area contributed by atoms with Gasteiger partial charge in [0.1, 0.15) is 17.9 Å². The van der Waals surface area contributed by atoms with E-state index < -0.39 is 23.7 Å². The van der Waals surface area contributed by atoms with Crippen LogP contribution < -0.4 is 0 Å². The second-order valence-corrected chi connectivity index (χ2v) is 3.24. The molecule has 1 heterocycles. The number of aromatic carboxylic acids is 1. The topological polar surface area (TPSA) is 72.3 Å². The normalized spacial score (nSPS) is 10.8. The third kappa shape index (κ3) is 3.70. The van der Waals surface area contributed by atoms with Gasteiger partial charge in [0, 0.05) is 12.8 Å². The Balaban J connectivity index is 2.90. The van der Waals surface area contributed by atoms with Gasteiger partial charge in [-0.05, 0) is 6.42 Å². The van der Waals surface area contributed by atoms with Crippen molar-refractivity contribution in [2.24, 2.45) is 0 Å². The number of hydrogen-bond acceptors (Lipinski definition) is 4. The average molecular weight is 246 g/mol. The van der Waals surface area contributed by atoms with E-state index in [0.29, 0.717) is 6.61 Å². The number of nitrogens with zero attached hydrogens (tertiary/aromatic N) is 2. The second kappa shape index (κ2) is 6.19. The van der Waals surface area contributed by atoms with E-state index in [1.165, 1.54) is 0 Å². The fraction of sp³-hybridized carbons (Fsp3) is 0.500. The molecule has 0 saturated heterocycles. The summed E-state index contributed by atoms with van der Waals surface area (Å²) in [6, 6.07) is 0. The van der Waals surface area contributed by atoms with Crippen molar-refractivity contribution in [3.8, 4) is 0 Å². The molecule has 0 unspecified atom stereocenters. The second-order valence-electron chi connectivity index (χ2n) is 3.24. The molecule has 0 bridgehead atoms. The zero-order valence-electron chi connectivity index (χ0n) is 9.19. The number of carboxylic acids is 1. The maximum absolute atomic E-state index is 12.6. The predicted molar refractivity (Wildman–Crippen MR) is 53.9 cm³/mol. The van der Waals surface area contributed by atoms with E-state index in [1.54, 1.807) is 0 Å². The molecule has 0 spiro atoms. The van der Waals surface area contributed by atoms with E-state index in [9.17, 15) is 13.6 Å². The van der Waals surface area contributed by atoms with Gasteiger partial charge in [-0.2, -0.15) is 0 Å². The summed E-state index contributed by atoms with van der Waals surface area (Å²) in [5, 5.41) is 8.67. The number of carbonyl (C=O) groups is 1. The molecule has 0 amide bonds. The van der Waals surface area contributed by atoms with Gasteiger partial charge in [-0.15, -0.1) is 0 Å². The highest BCUT2D eigenvalue weighted by molar-refractivity contribution is 5.88. The third-order valence-electron chi connectivity index (χ3n) is 1.88. The highest BCUT2D eigenvalue weighted by Crippen LogP contribution is 2.20. The van der Waals surface area contributed by atoms with Crippen LogP contribution in [0.1, 0.15) is 41.6 Å². The fourth-order valence-corrected chi connectivity index (χ4v) is 1.14. The predicted octanol–water partition coefficient (Wildman–Crippen LogP) is 2.04. The molecule has 94 valence electrons. The average Bonchev–Trinajstić information content (AvgIpc) is 2.29. The molecule has 0 atom stereocenters. The summed E-state index contributed by atoms with van der Waals surface area (Å²) in [4.78, 5) is 17.8. The minimum absolute atomic E-state index is 0.00649. The first-order valence-electron chi connectivity index (χ1n) is 5.01. The van der Waals surface area contributed by atoms with Crippen LogP contribution in [0.25, 0.3) is 0 Å². The van der Waals surface area contributed by atoms with E-state index >= 15 is 0 Å². The molecule has 1 N–H and O–H groups in total. The summed E-state index contributed by atoms with van der Waals surface area (Å²) in [5.74, 6) is -1.42. The van der Waals surface area contributed by atoms with Crippen LogP contribution in [-0.2, 0) is 11.3 Å². The molecule has 1 aromatic heterocycles. The van der Waals surface area contributed by atoms with Gasteiger partial charge in [0.05, 0.1) is 0 Å². The summed E-state index contributed by atoms with van der Waals surface area (Å²) >= 11 is 0. The lowest BCUT2D eigenvalue weighted by atomic mass is 10.2. The van der Waals surface area contributed by atoms with Crippen molar-refractivity contribution < 1.29 is 23.4 Å². The summed E-state index contributed by atoms with van der Waals surface area (Å²) in [6.45, 7) is 2.36. The van der Waals surface area contributed by atoms with Gasteiger partial charge in [0.2, 0.25) is 0 Å². The maximum Gasteiger partial charge on any atom is 0.339 e. The first-order valence-corrected chi connectivity index (χ1v) is 5.01. The Kier molecular flexibility index (Phi) is 4.89. The molecule has 0 aliphatic carbocycles. The van der Waals surface area contributed by atoms with Gasteiger partial charge in [0.25, 0.3) is 6.43 Å². The molecular weight excluding hydrogens is 234 g/mol. The smallest absolute Gasteiger partial charge is 0.339 e. The number of hydrogen-bond donors (Lipinski definition) is 1. The molecular formula is C10H12F2N2O3. The molecule has 0 fully saturated rings. The van der Waals surface area contributed by atoms with Gasteiger partial charge in [-0.25, -0.2) is 23.5 Å². The molecule has 1 aromatic rings. The molecule has 5 nitrogen and oxygen atoms in total. The van der Waals surface area contributed by atoms with Crippen molar-refractivity contribution in [2.45, 2.75) is 26.4 Å². The van der Waals surface area contributed by atoms with Gasteiger partial charge >= 0.3 is 5.97 Å². The lowest BCUT2D eigenvalue weighted by Crippen LogP contribution is -2.10. The molecule has 7 heteroatoms. The minimum atomic E-state index is -2.95. The number of carboxylic acid groups (broad SMARTS) is 1. The van der Waals surface area contributed by atoms with Crippen LogP contribution in [0, 0.1) is 0 Å². The van der Waals surface area contributed by atoms with Crippen LogP contribution in [-0.4, -0.2) is 27.7 Å².